The molecule has 2 aromatic rings. The van der Waals surface area contributed by atoms with Crippen molar-refractivity contribution in [2.75, 3.05) is 6.54 Å². The fraction of sp³-hybridized carbons (Fsp3) is 0.273. The molecule has 0 aromatic carbocycles. The van der Waals surface area contributed by atoms with E-state index in [1.54, 1.807) is 17.6 Å². The van der Waals surface area contributed by atoms with E-state index in [1.165, 1.54) is 8.66 Å². The summed E-state index contributed by atoms with van der Waals surface area (Å²) < 4.78 is 6.42. The molecule has 16 heavy (non-hydrogen) atoms. The van der Waals surface area contributed by atoms with Gasteiger partial charge in [-0.15, -0.1) is 23.7 Å². The van der Waals surface area contributed by atoms with Crippen LogP contribution in [-0.4, -0.2) is 6.54 Å². The number of thiophene rings is 1. The van der Waals surface area contributed by atoms with Gasteiger partial charge in [0.25, 0.3) is 0 Å². The highest BCUT2D eigenvalue weighted by Gasteiger charge is 1.98. The lowest BCUT2D eigenvalue weighted by atomic mass is 10.3. The molecule has 0 aliphatic carbocycles. The maximum atomic E-state index is 5.22. The number of nitrogens with one attached hydrogen (secondary N) is 1. The summed E-state index contributed by atoms with van der Waals surface area (Å²) in [6.07, 6.45) is 2.77. The minimum atomic E-state index is 0. The zero-order valence-electron chi connectivity index (χ0n) is 8.61. The molecule has 5 heteroatoms. The van der Waals surface area contributed by atoms with Crippen molar-refractivity contribution in [2.45, 2.75) is 13.0 Å². The minimum absolute atomic E-state index is 0. The Bertz CT molecular complexity index is 402. The van der Waals surface area contributed by atoms with E-state index < -0.39 is 0 Å². The summed E-state index contributed by atoms with van der Waals surface area (Å²) in [6, 6.07) is 8.14. The largest absolute Gasteiger partial charge is 0.468 e. The van der Waals surface area contributed by atoms with Crippen LogP contribution in [0.5, 0.6) is 0 Å². The van der Waals surface area contributed by atoms with Gasteiger partial charge in [-0.1, -0.05) is 0 Å². The van der Waals surface area contributed by atoms with Gasteiger partial charge in [0.2, 0.25) is 0 Å². The van der Waals surface area contributed by atoms with Crippen LogP contribution in [-0.2, 0) is 13.0 Å². The molecule has 88 valence electrons. The third-order valence-corrected chi connectivity index (χ3v) is 3.74. The number of hydrogen-bond acceptors (Lipinski definition) is 3. The molecule has 0 saturated carbocycles. The van der Waals surface area contributed by atoms with Crippen molar-refractivity contribution >= 4 is 39.7 Å². The first kappa shape index (κ1) is 13.8. The van der Waals surface area contributed by atoms with Crippen LogP contribution in [0, 0.1) is 0 Å². The standard InChI is InChI=1S/C11H12BrNOS.ClH/c12-11-4-3-10(15-11)5-6-13-8-9-2-1-7-14-9;/h1-4,7,13H,5-6,8H2;1H. The summed E-state index contributed by atoms with van der Waals surface area (Å²) in [5.74, 6) is 0.988. The molecular weight excluding hydrogens is 310 g/mol. The van der Waals surface area contributed by atoms with E-state index in [-0.39, 0.29) is 12.4 Å². The molecule has 0 radical (unpaired) electrons. The Morgan fingerprint density at radius 1 is 1.31 bits per heavy atom. The van der Waals surface area contributed by atoms with Gasteiger partial charge in [0.1, 0.15) is 5.76 Å². The van der Waals surface area contributed by atoms with Crippen LogP contribution in [0.25, 0.3) is 0 Å². The fourth-order valence-corrected chi connectivity index (χ4v) is 2.81. The predicted molar refractivity (Wildman–Crippen MR) is 73.4 cm³/mol. The van der Waals surface area contributed by atoms with Crippen LogP contribution >= 0.6 is 39.7 Å². The molecule has 0 amide bonds. The van der Waals surface area contributed by atoms with Crippen molar-refractivity contribution in [1.29, 1.82) is 0 Å². The molecular formula is C11H13BrClNOS. The molecule has 2 aromatic heterocycles. The van der Waals surface area contributed by atoms with Crippen LogP contribution in [0.4, 0.5) is 0 Å². The van der Waals surface area contributed by atoms with Gasteiger partial charge in [0.15, 0.2) is 0 Å². The SMILES string of the molecule is Brc1ccc(CCNCc2ccco2)s1.Cl. The van der Waals surface area contributed by atoms with Crippen molar-refractivity contribution in [3.63, 3.8) is 0 Å². The molecule has 0 atom stereocenters. The molecule has 0 fully saturated rings. The minimum Gasteiger partial charge on any atom is -0.468 e. The second-order valence-electron chi connectivity index (χ2n) is 3.21. The quantitative estimate of drug-likeness (QED) is 0.846. The number of furan rings is 1. The maximum Gasteiger partial charge on any atom is 0.117 e. The Morgan fingerprint density at radius 3 is 2.81 bits per heavy atom. The molecule has 0 aliphatic rings. The molecule has 1 N–H and O–H groups in total. The van der Waals surface area contributed by atoms with Crippen LogP contribution < -0.4 is 5.32 Å². The Kier molecular flexibility index (Phi) is 6.13. The maximum absolute atomic E-state index is 5.22. The average molecular weight is 323 g/mol. The van der Waals surface area contributed by atoms with Gasteiger partial charge >= 0.3 is 0 Å². The van der Waals surface area contributed by atoms with Crippen molar-refractivity contribution in [2.24, 2.45) is 0 Å². The summed E-state index contributed by atoms with van der Waals surface area (Å²) in [5.41, 5.74) is 0. The highest BCUT2D eigenvalue weighted by molar-refractivity contribution is 9.11. The van der Waals surface area contributed by atoms with Gasteiger partial charge in [-0.3, -0.25) is 0 Å². The Hall–Kier alpha value is -0.290. The zero-order chi connectivity index (χ0) is 10.5. The van der Waals surface area contributed by atoms with Gasteiger partial charge in [0.05, 0.1) is 16.6 Å². The van der Waals surface area contributed by atoms with Crippen molar-refractivity contribution in [3.05, 3.63) is 45.0 Å². The van der Waals surface area contributed by atoms with E-state index >= 15 is 0 Å². The van der Waals surface area contributed by atoms with E-state index in [9.17, 15) is 0 Å². The Balaban J connectivity index is 0.00000128. The second kappa shape index (κ2) is 7.12. The predicted octanol–water partition coefficient (Wildman–Crippen LogP) is 3.86. The van der Waals surface area contributed by atoms with Gasteiger partial charge in [-0.2, -0.15) is 0 Å². The van der Waals surface area contributed by atoms with Gasteiger partial charge < -0.3 is 9.73 Å². The van der Waals surface area contributed by atoms with Gasteiger partial charge in [-0.25, -0.2) is 0 Å². The monoisotopic (exact) mass is 321 g/mol. The van der Waals surface area contributed by atoms with Gasteiger partial charge in [0, 0.05) is 11.4 Å². The van der Waals surface area contributed by atoms with Crippen LogP contribution in [0.1, 0.15) is 10.6 Å². The number of rotatable bonds is 5. The zero-order valence-corrected chi connectivity index (χ0v) is 11.8. The topological polar surface area (TPSA) is 25.2 Å². The number of hydrogen-bond donors (Lipinski definition) is 1. The van der Waals surface area contributed by atoms with Crippen LogP contribution in [0.15, 0.2) is 38.7 Å². The van der Waals surface area contributed by atoms with E-state index in [4.69, 9.17) is 4.42 Å². The molecule has 0 unspecified atom stereocenters. The van der Waals surface area contributed by atoms with Crippen LogP contribution in [0.2, 0.25) is 0 Å². The summed E-state index contributed by atoms with van der Waals surface area (Å²) in [6.45, 7) is 1.78. The molecule has 0 aliphatic heterocycles. The molecule has 2 nitrogen and oxygen atoms in total. The van der Waals surface area contributed by atoms with E-state index in [2.05, 4.69) is 33.4 Å². The Morgan fingerprint density at radius 2 is 2.19 bits per heavy atom. The first-order valence-electron chi connectivity index (χ1n) is 4.82. The van der Waals surface area contributed by atoms with Crippen molar-refractivity contribution in [3.8, 4) is 0 Å². The highest BCUT2D eigenvalue weighted by Crippen LogP contribution is 2.22. The second-order valence-corrected chi connectivity index (χ2v) is 5.76. The average Bonchev–Trinajstić information content (AvgIpc) is 2.84. The molecule has 2 heterocycles. The summed E-state index contributed by atoms with van der Waals surface area (Å²) in [4.78, 5) is 1.40. The first-order valence-corrected chi connectivity index (χ1v) is 6.43. The lowest BCUT2D eigenvalue weighted by molar-refractivity contribution is 0.484. The van der Waals surface area contributed by atoms with E-state index in [0.29, 0.717) is 0 Å². The third-order valence-electron chi connectivity index (χ3n) is 2.06. The Labute approximate surface area is 114 Å². The summed E-state index contributed by atoms with van der Waals surface area (Å²) >= 11 is 5.24. The lowest BCUT2D eigenvalue weighted by Gasteiger charge is -2.00. The molecule has 0 spiro atoms. The summed E-state index contributed by atoms with van der Waals surface area (Å²) in [5, 5.41) is 3.34. The third kappa shape index (κ3) is 4.29. The van der Waals surface area contributed by atoms with Gasteiger partial charge in [-0.05, 0) is 46.6 Å². The van der Waals surface area contributed by atoms with E-state index in [1.807, 2.05) is 12.1 Å². The highest BCUT2D eigenvalue weighted by atomic mass is 79.9. The molecule has 0 saturated heterocycles. The van der Waals surface area contributed by atoms with Crippen molar-refractivity contribution < 1.29 is 4.42 Å². The molecule has 0 bridgehead atoms. The molecule has 2 rings (SSSR count). The smallest absolute Gasteiger partial charge is 0.117 e. The van der Waals surface area contributed by atoms with E-state index in [0.717, 1.165) is 25.3 Å². The lowest BCUT2D eigenvalue weighted by Crippen LogP contribution is -2.15. The first-order chi connectivity index (χ1) is 7.34. The van der Waals surface area contributed by atoms with Crippen LogP contribution in [0.3, 0.4) is 0 Å². The number of halogens is 2. The fourth-order valence-electron chi connectivity index (χ4n) is 1.32. The van der Waals surface area contributed by atoms with Crippen molar-refractivity contribution in [1.82, 2.24) is 5.32 Å². The normalized spacial score (nSPS) is 10.1. The summed E-state index contributed by atoms with van der Waals surface area (Å²) in [7, 11) is 0.